The van der Waals surface area contributed by atoms with Crippen molar-refractivity contribution in [2.24, 2.45) is 11.7 Å². The van der Waals surface area contributed by atoms with E-state index < -0.39 is 0 Å². The van der Waals surface area contributed by atoms with E-state index >= 15 is 0 Å². The zero-order chi connectivity index (χ0) is 13.0. The van der Waals surface area contributed by atoms with Gasteiger partial charge in [0.1, 0.15) is 0 Å². The van der Waals surface area contributed by atoms with Crippen molar-refractivity contribution in [2.45, 2.75) is 51.6 Å². The van der Waals surface area contributed by atoms with Gasteiger partial charge in [0.25, 0.3) is 0 Å². The van der Waals surface area contributed by atoms with Crippen molar-refractivity contribution in [1.82, 2.24) is 9.88 Å². The standard InChI is InChI=1S/C14H25N3S/c1-11-3-5-13(6-4-11)17(2)9-12-10-18-14(16-12)7-8-15/h10-11,13H,3-9,15H2,1-2H3. The average molecular weight is 267 g/mol. The predicted molar refractivity (Wildman–Crippen MR) is 77.8 cm³/mol. The molecule has 2 N–H and O–H groups in total. The molecule has 1 aliphatic carbocycles. The lowest BCUT2D eigenvalue weighted by molar-refractivity contribution is 0.162. The molecule has 0 atom stereocenters. The molecule has 3 nitrogen and oxygen atoms in total. The van der Waals surface area contributed by atoms with Gasteiger partial charge in [0.15, 0.2) is 0 Å². The van der Waals surface area contributed by atoms with Gasteiger partial charge in [-0.15, -0.1) is 11.3 Å². The summed E-state index contributed by atoms with van der Waals surface area (Å²) in [7, 11) is 2.24. The van der Waals surface area contributed by atoms with Crippen LogP contribution in [0.4, 0.5) is 0 Å². The highest BCUT2D eigenvalue weighted by atomic mass is 32.1. The minimum absolute atomic E-state index is 0.698. The number of thiazole rings is 1. The summed E-state index contributed by atoms with van der Waals surface area (Å²) in [6.45, 7) is 4.05. The first kappa shape index (κ1) is 14.0. The molecule has 0 radical (unpaired) electrons. The predicted octanol–water partition coefficient (Wildman–Crippen LogP) is 2.65. The van der Waals surface area contributed by atoms with E-state index in [1.54, 1.807) is 11.3 Å². The lowest BCUT2D eigenvalue weighted by Crippen LogP contribution is -2.34. The van der Waals surface area contributed by atoms with Crippen LogP contribution in [0.25, 0.3) is 0 Å². The smallest absolute Gasteiger partial charge is 0.0941 e. The van der Waals surface area contributed by atoms with E-state index in [9.17, 15) is 0 Å². The van der Waals surface area contributed by atoms with Crippen LogP contribution in [0.5, 0.6) is 0 Å². The monoisotopic (exact) mass is 267 g/mol. The van der Waals surface area contributed by atoms with Crippen LogP contribution in [0, 0.1) is 5.92 Å². The van der Waals surface area contributed by atoms with E-state index in [1.165, 1.54) is 36.4 Å². The van der Waals surface area contributed by atoms with Crippen molar-refractivity contribution >= 4 is 11.3 Å². The number of hydrogen-bond donors (Lipinski definition) is 1. The highest BCUT2D eigenvalue weighted by molar-refractivity contribution is 7.09. The SMILES string of the molecule is CC1CCC(N(C)Cc2csc(CCN)n2)CC1. The summed E-state index contributed by atoms with van der Waals surface area (Å²) in [6.07, 6.45) is 6.36. The third kappa shape index (κ3) is 3.77. The normalized spacial score (nSPS) is 24.7. The Balaban J connectivity index is 1.84. The van der Waals surface area contributed by atoms with Gasteiger partial charge in [-0.25, -0.2) is 4.98 Å². The Morgan fingerprint density at radius 3 is 2.78 bits per heavy atom. The number of nitrogens with zero attached hydrogens (tertiary/aromatic N) is 2. The van der Waals surface area contributed by atoms with Gasteiger partial charge in [0.05, 0.1) is 10.7 Å². The molecule has 0 aliphatic heterocycles. The Labute approximate surface area is 114 Å². The molecule has 0 saturated heterocycles. The van der Waals surface area contributed by atoms with Gasteiger partial charge in [-0.3, -0.25) is 4.90 Å². The van der Waals surface area contributed by atoms with Crippen molar-refractivity contribution in [2.75, 3.05) is 13.6 Å². The van der Waals surface area contributed by atoms with E-state index in [-0.39, 0.29) is 0 Å². The number of hydrogen-bond acceptors (Lipinski definition) is 4. The third-order valence-electron chi connectivity index (χ3n) is 3.98. The van der Waals surface area contributed by atoms with Gasteiger partial charge in [-0.2, -0.15) is 0 Å². The molecule has 1 heterocycles. The fraction of sp³-hybridized carbons (Fsp3) is 0.786. The molecule has 1 aliphatic rings. The summed E-state index contributed by atoms with van der Waals surface area (Å²) < 4.78 is 0. The van der Waals surface area contributed by atoms with Crippen LogP contribution in [0.1, 0.15) is 43.3 Å². The fourth-order valence-electron chi connectivity index (χ4n) is 2.73. The quantitative estimate of drug-likeness (QED) is 0.892. The highest BCUT2D eigenvalue weighted by Crippen LogP contribution is 2.27. The first-order valence-corrected chi connectivity index (χ1v) is 7.90. The average Bonchev–Trinajstić information content (AvgIpc) is 2.78. The number of nitrogens with two attached hydrogens (primary N) is 1. The molecule has 0 aromatic carbocycles. The molecular weight excluding hydrogens is 242 g/mol. The van der Waals surface area contributed by atoms with E-state index in [4.69, 9.17) is 5.73 Å². The topological polar surface area (TPSA) is 42.1 Å². The molecule has 1 fully saturated rings. The molecule has 4 heteroatoms. The van der Waals surface area contributed by atoms with E-state index in [0.29, 0.717) is 6.54 Å². The molecule has 102 valence electrons. The summed E-state index contributed by atoms with van der Waals surface area (Å²) >= 11 is 1.75. The van der Waals surface area contributed by atoms with Crippen molar-refractivity contribution < 1.29 is 0 Å². The summed E-state index contributed by atoms with van der Waals surface area (Å²) in [5.41, 5.74) is 6.77. The first-order chi connectivity index (χ1) is 8.69. The van der Waals surface area contributed by atoms with Gasteiger partial charge in [0.2, 0.25) is 0 Å². The maximum absolute atomic E-state index is 5.56. The van der Waals surface area contributed by atoms with Crippen molar-refractivity contribution in [3.05, 3.63) is 16.1 Å². The number of aromatic nitrogens is 1. The zero-order valence-corrected chi connectivity index (χ0v) is 12.4. The molecule has 0 bridgehead atoms. The minimum atomic E-state index is 0.698. The third-order valence-corrected chi connectivity index (χ3v) is 4.94. The Bertz CT molecular complexity index is 356. The van der Waals surface area contributed by atoms with E-state index in [0.717, 1.165) is 24.9 Å². The maximum atomic E-state index is 5.56. The second-order valence-corrected chi connectivity index (χ2v) is 6.54. The van der Waals surface area contributed by atoms with Crippen molar-refractivity contribution in [3.8, 4) is 0 Å². The van der Waals surface area contributed by atoms with Crippen LogP contribution in [0.3, 0.4) is 0 Å². The molecule has 1 aromatic rings. The molecule has 0 amide bonds. The summed E-state index contributed by atoms with van der Waals surface area (Å²) in [5.74, 6) is 0.921. The van der Waals surface area contributed by atoms with E-state index in [1.807, 2.05) is 0 Å². The largest absolute Gasteiger partial charge is 0.330 e. The lowest BCUT2D eigenvalue weighted by atomic mass is 9.87. The Morgan fingerprint density at radius 1 is 1.39 bits per heavy atom. The van der Waals surface area contributed by atoms with Crippen molar-refractivity contribution in [1.29, 1.82) is 0 Å². The highest BCUT2D eigenvalue weighted by Gasteiger charge is 2.22. The molecule has 1 saturated carbocycles. The van der Waals surface area contributed by atoms with Crippen LogP contribution in [-0.4, -0.2) is 29.5 Å². The van der Waals surface area contributed by atoms with Gasteiger partial charge < -0.3 is 5.73 Å². The molecule has 18 heavy (non-hydrogen) atoms. The van der Waals surface area contributed by atoms with Gasteiger partial charge in [0, 0.05) is 24.4 Å². The Hall–Kier alpha value is -0.450. The molecule has 2 rings (SSSR count). The summed E-state index contributed by atoms with van der Waals surface area (Å²) in [5, 5.41) is 3.37. The van der Waals surface area contributed by atoms with Crippen LogP contribution in [0.15, 0.2) is 5.38 Å². The fourth-order valence-corrected chi connectivity index (χ4v) is 3.53. The minimum Gasteiger partial charge on any atom is -0.330 e. The maximum Gasteiger partial charge on any atom is 0.0941 e. The Morgan fingerprint density at radius 2 is 2.11 bits per heavy atom. The van der Waals surface area contributed by atoms with Gasteiger partial charge in [-0.05, 0) is 45.2 Å². The van der Waals surface area contributed by atoms with Gasteiger partial charge >= 0.3 is 0 Å². The van der Waals surface area contributed by atoms with Crippen LogP contribution < -0.4 is 5.73 Å². The van der Waals surface area contributed by atoms with Crippen LogP contribution >= 0.6 is 11.3 Å². The van der Waals surface area contributed by atoms with Crippen molar-refractivity contribution in [3.63, 3.8) is 0 Å². The summed E-state index contributed by atoms with van der Waals surface area (Å²) in [6, 6.07) is 0.751. The molecule has 1 aromatic heterocycles. The summed E-state index contributed by atoms with van der Waals surface area (Å²) in [4.78, 5) is 7.13. The molecule has 0 unspecified atom stereocenters. The number of rotatable bonds is 5. The Kier molecular flexibility index (Phi) is 5.15. The second kappa shape index (κ2) is 6.64. The first-order valence-electron chi connectivity index (χ1n) is 7.02. The van der Waals surface area contributed by atoms with Crippen LogP contribution in [-0.2, 0) is 13.0 Å². The van der Waals surface area contributed by atoms with E-state index in [2.05, 4.69) is 29.2 Å². The second-order valence-electron chi connectivity index (χ2n) is 5.60. The lowest BCUT2D eigenvalue weighted by Gasteiger charge is -2.33. The zero-order valence-electron chi connectivity index (χ0n) is 11.6. The molecular formula is C14H25N3S. The molecule has 0 spiro atoms. The van der Waals surface area contributed by atoms with Crippen LogP contribution in [0.2, 0.25) is 0 Å². The van der Waals surface area contributed by atoms with Gasteiger partial charge in [-0.1, -0.05) is 6.92 Å².